The molecule has 0 aliphatic heterocycles. The third-order valence-electron chi connectivity index (χ3n) is 2.51. The van der Waals surface area contributed by atoms with Crippen molar-refractivity contribution in [1.82, 2.24) is 15.3 Å². The molecular weight excluding hydrogens is 258 g/mol. The molecule has 104 valence electrons. The number of carbonyl (C=O) groups excluding carboxylic acids is 1. The number of nitrogens with one attached hydrogen (secondary N) is 1. The Morgan fingerprint density at radius 3 is 2.75 bits per heavy atom. The Bertz CT molecular complexity index is 561. The molecule has 0 saturated heterocycles. The predicted octanol–water partition coefficient (Wildman–Crippen LogP) is 1.29. The molecule has 1 heterocycles. The Kier molecular flexibility index (Phi) is 4.88. The van der Waals surface area contributed by atoms with Gasteiger partial charge in [0, 0.05) is 12.4 Å². The lowest BCUT2D eigenvalue weighted by Crippen LogP contribution is -2.28. The van der Waals surface area contributed by atoms with Gasteiger partial charge in [-0.15, -0.1) is 0 Å². The van der Waals surface area contributed by atoms with E-state index in [0.29, 0.717) is 24.7 Å². The van der Waals surface area contributed by atoms with Gasteiger partial charge < -0.3 is 14.8 Å². The number of amides is 1. The van der Waals surface area contributed by atoms with Crippen LogP contribution < -0.4 is 14.8 Å². The molecule has 0 spiro atoms. The molecule has 0 aliphatic carbocycles. The van der Waals surface area contributed by atoms with Gasteiger partial charge in [0.2, 0.25) is 0 Å². The first-order valence-electron chi connectivity index (χ1n) is 6.11. The van der Waals surface area contributed by atoms with Crippen LogP contribution in [-0.4, -0.2) is 36.1 Å². The molecule has 6 nitrogen and oxygen atoms in total. The number of benzene rings is 1. The topological polar surface area (TPSA) is 73.3 Å². The summed E-state index contributed by atoms with van der Waals surface area (Å²) in [5.74, 6) is 1.03. The fourth-order valence-corrected chi connectivity index (χ4v) is 1.57. The van der Waals surface area contributed by atoms with Crippen LogP contribution in [0.25, 0.3) is 0 Å². The molecule has 0 fully saturated rings. The van der Waals surface area contributed by atoms with Crippen molar-refractivity contribution in [1.29, 1.82) is 0 Å². The molecule has 0 unspecified atom stereocenters. The second kappa shape index (κ2) is 7.08. The molecule has 0 bridgehead atoms. The van der Waals surface area contributed by atoms with E-state index < -0.39 is 0 Å². The van der Waals surface area contributed by atoms with Crippen LogP contribution in [0.15, 0.2) is 42.9 Å². The largest absolute Gasteiger partial charge is 0.493 e. The van der Waals surface area contributed by atoms with Crippen molar-refractivity contribution in [3.8, 4) is 11.5 Å². The minimum atomic E-state index is -0.276. The van der Waals surface area contributed by atoms with Crippen LogP contribution in [-0.2, 0) is 0 Å². The zero-order chi connectivity index (χ0) is 14.2. The molecule has 0 aliphatic rings. The summed E-state index contributed by atoms with van der Waals surface area (Å²) in [5.41, 5.74) is 0.282. The summed E-state index contributed by atoms with van der Waals surface area (Å²) in [6.07, 6.45) is 4.40. The van der Waals surface area contributed by atoms with Crippen molar-refractivity contribution in [2.75, 3.05) is 20.3 Å². The van der Waals surface area contributed by atoms with Gasteiger partial charge in [0.25, 0.3) is 5.91 Å². The second-order valence-corrected chi connectivity index (χ2v) is 3.85. The van der Waals surface area contributed by atoms with Crippen LogP contribution >= 0.6 is 0 Å². The molecule has 1 aromatic carbocycles. The Morgan fingerprint density at radius 1 is 1.25 bits per heavy atom. The maximum Gasteiger partial charge on any atom is 0.271 e. The molecule has 2 rings (SSSR count). The smallest absolute Gasteiger partial charge is 0.271 e. The molecule has 0 saturated carbocycles. The van der Waals surface area contributed by atoms with E-state index in [2.05, 4.69) is 15.3 Å². The quantitative estimate of drug-likeness (QED) is 0.803. The molecule has 20 heavy (non-hydrogen) atoms. The highest BCUT2D eigenvalue weighted by Crippen LogP contribution is 2.25. The summed E-state index contributed by atoms with van der Waals surface area (Å²) >= 11 is 0. The van der Waals surface area contributed by atoms with Gasteiger partial charge >= 0.3 is 0 Å². The Hall–Kier alpha value is -2.63. The number of hydrogen-bond acceptors (Lipinski definition) is 5. The Balaban J connectivity index is 1.78. The SMILES string of the molecule is COc1ccccc1OCCNC(=O)c1cnccn1. The second-order valence-electron chi connectivity index (χ2n) is 3.85. The number of rotatable bonds is 6. The van der Waals surface area contributed by atoms with Crippen LogP contribution in [0.3, 0.4) is 0 Å². The zero-order valence-corrected chi connectivity index (χ0v) is 11.1. The normalized spacial score (nSPS) is 9.85. The number of aromatic nitrogens is 2. The van der Waals surface area contributed by atoms with E-state index in [0.717, 1.165) is 0 Å². The van der Waals surface area contributed by atoms with E-state index >= 15 is 0 Å². The number of methoxy groups -OCH3 is 1. The number of hydrogen-bond donors (Lipinski definition) is 1. The van der Waals surface area contributed by atoms with E-state index in [-0.39, 0.29) is 11.6 Å². The maximum absolute atomic E-state index is 11.7. The first-order valence-corrected chi connectivity index (χ1v) is 6.11. The number of nitrogens with zero attached hydrogens (tertiary/aromatic N) is 2. The lowest BCUT2D eigenvalue weighted by atomic mass is 10.3. The molecule has 1 aromatic heterocycles. The van der Waals surface area contributed by atoms with Crippen LogP contribution in [0.2, 0.25) is 0 Å². The summed E-state index contributed by atoms with van der Waals surface area (Å²) in [4.78, 5) is 19.4. The zero-order valence-electron chi connectivity index (χ0n) is 11.1. The summed E-state index contributed by atoms with van der Waals surface area (Å²) in [7, 11) is 1.58. The van der Waals surface area contributed by atoms with Gasteiger partial charge in [-0.05, 0) is 12.1 Å². The molecule has 1 amide bonds. The molecule has 2 aromatic rings. The number of para-hydroxylation sites is 2. The highest BCUT2D eigenvalue weighted by Gasteiger charge is 2.06. The van der Waals surface area contributed by atoms with Crippen LogP contribution in [0, 0.1) is 0 Å². The molecule has 1 N–H and O–H groups in total. The standard InChI is InChI=1S/C14H15N3O3/c1-19-12-4-2-3-5-13(12)20-9-8-17-14(18)11-10-15-6-7-16-11/h2-7,10H,8-9H2,1H3,(H,17,18). The van der Waals surface area contributed by atoms with Crippen molar-refractivity contribution in [2.24, 2.45) is 0 Å². The van der Waals surface area contributed by atoms with E-state index in [1.165, 1.54) is 18.6 Å². The lowest BCUT2D eigenvalue weighted by Gasteiger charge is -2.10. The highest BCUT2D eigenvalue weighted by molar-refractivity contribution is 5.91. The van der Waals surface area contributed by atoms with Crippen molar-refractivity contribution >= 4 is 5.91 Å². The minimum absolute atomic E-state index is 0.276. The average Bonchev–Trinajstić information content (AvgIpc) is 2.52. The molecular formula is C14H15N3O3. The van der Waals surface area contributed by atoms with Crippen molar-refractivity contribution in [3.05, 3.63) is 48.5 Å². The van der Waals surface area contributed by atoms with Crippen LogP contribution in [0.5, 0.6) is 11.5 Å². The molecule has 6 heteroatoms. The first kappa shape index (κ1) is 13.8. The monoisotopic (exact) mass is 273 g/mol. The summed E-state index contributed by atoms with van der Waals surface area (Å²) < 4.78 is 10.7. The van der Waals surface area contributed by atoms with E-state index in [4.69, 9.17) is 9.47 Å². The third kappa shape index (κ3) is 3.68. The van der Waals surface area contributed by atoms with Gasteiger partial charge in [0.05, 0.1) is 19.9 Å². The van der Waals surface area contributed by atoms with Crippen molar-refractivity contribution in [2.45, 2.75) is 0 Å². The number of ether oxygens (including phenoxy) is 2. The van der Waals surface area contributed by atoms with Gasteiger partial charge in [-0.25, -0.2) is 4.98 Å². The lowest BCUT2D eigenvalue weighted by molar-refractivity contribution is 0.0941. The van der Waals surface area contributed by atoms with Gasteiger partial charge in [0.15, 0.2) is 11.5 Å². The molecule has 0 atom stereocenters. The summed E-state index contributed by atoms with van der Waals surface area (Å²) in [5, 5.41) is 2.70. The van der Waals surface area contributed by atoms with Crippen molar-refractivity contribution in [3.63, 3.8) is 0 Å². The maximum atomic E-state index is 11.7. The van der Waals surface area contributed by atoms with Crippen LogP contribution in [0.4, 0.5) is 0 Å². The highest BCUT2D eigenvalue weighted by atomic mass is 16.5. The number of carbonyl (C=O) groups is 1. The van der Waals surface area contributed by atoms with Gasteiger partial charge in [-0.2, -0.15) is 0 Å². The van der Waals surface area contributed by atoms with E-state index in [1.54, 1.807) is 7.11 Å². The summed E-state index contributed by atoms with van der Waals surface area (Å²) in [6, 6.07) is 7.34. The third-order valence-corrected chi connectivity index (χ3v) is 2.51. The Labute approximate surface area is 116 Å². The van der Waals surface area contributed by atoms with Gasteiger partial charge in [-0.1, -0.05) is 12.1 Å². The average molecular weight is 273 g/mol. The van der Waals surface area contributed by atoms with Gasteiger partial charge in [-0.3, -0.25) is 9.78 Å². The first-order chi connectivity index (χ1) is 9.81. The van der Waals surface area contributed by atoms with Crippen LogP contribution in [0.1, 0.15) is 10.5 Å². The fourth-order valence-electron chi connectivity index (χ4n) is 1.57. The van der Waals surface area contributed by atoms with E-state index in [9.17, 15) is 4.79 Å². The molecule has 0 radical (unpaired) electrons. The minimum Gasteiger partial charge on any atom is -0.493 e. The van der Waals surface area contributed by atoms with E-state index in [1.807, 2.05) is 24.3 Å². The van der Waals surface area contributed by atoms with Crippen molar-refractivity contribution < 1.29 is 14.3 Å². The summed E-state index contributed by atoms with van der Waals surface area (Å²) in [6.45, 7) is 0.708. The Morgan fingerprint density at radius 2 is 2.05 bits per heavy atom. The van der Waals surface area contributed by atoms with Gasteiger partial charge in [0.1, 0.15) is 12.3 Å². The fraction of sp³-hybridized carbons (Fsp3) is 0.214. The predicted molar refractivity (Wildman–Crippen MR) is 72.9 cm³/mol.